The van der Waals surface area contributed by atoms with Gasteiger partial charge in [0, 0.05) is 13.1 Å². The first-order valence-electron chi connectivity index (χ1n) is 10.7. The fraction of sp³-hybridized carbons (Fsp3) is 0.478. The van der Waals surface area contributed by atoms with Crippen LogP contribution in [0.15, 0.2) is 34.9 Å². The Hall–Kier alpha value is -3.16. The Labute approximate surface area is 182 Å². The second-order valence-electron chi connectivity index (χ2n) is 7.49. The number of benzene rings is 1. The summed E-state index contributed by atoms with van der Waals surface area (Å²) in [6.07, 6.45) is 3.63. The third-order valence-corrected chi connectivity index (χ3v) is 5.59. The zero-order valence-electron chi connectivity index (χ0n) is 18.6. The van der Waals surface area contributed by atoms with E-state index in [1.165, 1.54) is 6.26 Å². The Morgan fingerprint density at radius 3 is 2.58 bits per heavy atom. The molecular weight excluding hydrogens is 398 g/mol. The lowest BCUT2D eigenvalue weighted by atomic mass is 9.86. The third kappa shape index (κ3) is 4.78. The number of carbonyl (C=O) groups is 2. The van der Waals surface area contributed by atoms with E-state index in [4.69, 9.17) is 13.9 Å². The minimum absolute atomic E-state index is 0.141. The fourth-order valence-electron chi connectivity index (χ4n) is 4.02. The van der Waals surface area contributed by atoms with E-state index in [-0.39, 0.29) is 29.8 Å². The van der Waals surface area contributed by atoms with Crippen molar-refractivity contribution in [2.75, 3.05) is 27.3 Å². The van der Waals surface area contributed by atoms with Gasteiger partial charge in [-0.25, -0.2) is 4.79 Å². The van der Waals surface area contributed by atoms with Gasteiger partial charge in [0.1, 0.15) is 0 Å². The van der Waals surface area contributed by atoms with Gasteiger partial charge in [0.15, 0.2) is 17.3 Å². The Balaban J connectivity index is 2.01. The maximum Gasteiger partial charge on any atom is 0.317 e. The summed E-state index contributed by atoms with van der Waals surface area (Å²) in [5.41, 5.74) is 2.02. The molecule has 168 valence electrons. The number of hydrogen-bond donors (Lipinski definition) is 2. The van der Waals surface area contributed by atoms with Crippen molar-refractivity contribution >= 4 is 11.9 Å². The first-order chi connectivity index (χ1) is 15.0. The van der Waals surface area contributed by atoms with Gasteiger partial charge in [-0.2, -0.15) is 0 Å². The number of methoxy groups -OCH3 is 2. The van der Waals surface area contributed by atoms with Gasteiger partial charge < -0.3 is 29.4 Å². The topological polar surface area (TPSA) is 93.0 Å². The summed E-state index contributed by atoms with van der Waals surface area (Å²) >= 11 is 0. The van der Waals surface area contributed by atoms with E-state index in [2.05, 4.69) is 10.6 Å². The quantitative estimate of drug-likeness (QED) is 0.670. The highest BCUT2D eigenvalue weighted by atomic mass is 16.5. The average molecular weight is 430 g/mol. The Morgan fingerprint density at radius 2 is 1.97 bits per heavy atom. The molecule has 0 fully saturated rings. The van der Waals surface area contributed by atoms with E-state index in [0.29, 0.717) is 37.4 Å². The lowest BCUT2D eigenvalue weighted by Crippen LogP contribution is -2.53. The number of ether oxygens (including phenoxy) is 2. The molecule has 0 saturated carbocycles. The van der Waals surface area contributed by atoms with Gasteiger partial charge >= 0.3 is 6.03 Å². The SMILES string of the molecule is CCCNC(=O)N1CCc2cc(OC)c(OC)cc2[C@@H]1[C@H](CC)NC(=O)c1ccco1. The lowest BCUT2D eigenvalue weighted by Gasteiger charge is -2.41. The Bertz CT molecular complexity index is 897. The predicted octanol–water partition coefficient (Wildman–Crippen LogP) is 3.52. The molecule has 0 unspecified atom stereocenters. The van der Waals surface area contributed by atoms with Crippen molar-refractivity contribution < 1.29 is 23.5 Å². The molecule has 0 bridgehead atoms. The largest absolute Gasteiger partial charge is 0.493 e. The smallest absolute Gasteiger partial charge is 0.317 e. The van der Waals surface area contributed by atoms with Crippen molar-refractivity contribution in [1.82, 2.24) is 15.5 Å². The molecule has 2 aromatic rings. The summed E-state index contributed by atoms with van der Waals surface area (Å²) in [6, 6.07) is 6.36. The van der Waals surface area contributed by atoms with Gasteiger partial charge in [-0.3, -0.25) is 4.79 Å². The van der Waals surface area contributed by atoms with Gasteiger partial charge in [0.2, 0.25) is 0 Å². The number of hydrogen-bond acceptors (Lipinski definition) is 5. The van der Waals surface area contributed by atoms with Crippen LogP contribution in [-0.4, -0.2) is 50.2 Å². The van der Waals surface area contributed by atoms with Crippen molar-refractivity contribution in [3.05, 3.63) is 47.4 Å². The van der Waals surface area contributed by atoms with E-state index in [1.807, 2.05) is 26.0 Å². The third-order valence-electron chi connectivity index (χ3n) is 5.59. The molecule has 1 aromatic carbocycles. The summed E-state index contributed by atoms with van der Waals surface area (Å²) in [5.74, 6) is 1.17. The van der Waals surface area contributed by atoms with Crippen LogP contribution in [0.3, 0.4) is 0 Å². The van der Waals surface area contributed by atoms with Crippen molar-refractivity contribution in [2.24, 2.45) is 0 Å². The monoisotopic (exact) mass is 429 g/mol. The number of nitrogens with zero attached hydrogens (tertiary/aromatic N) is 1. The van der Waals surface area contributed by atoms with Crippen LogP contribution in [0.1, 0.15) is 54.4 Å². The van der Waals surface area contributed by atoms with Crippen LogP contribution >= 0.6 is 0 Å². The molecule has 8 nitrogen and oxygen atoms in total. The van der Waals surface area contributed by atoms with Crippen LogP contribution in [0.4, 0.5) is 4.79 Å². The zero-order chi connectivity index (χ0) is 22.4. The number of nitrogens with one attached hydrogen (secondary N) is 2. The highest BCUT2D eigenvalue weighted by Gasteiger charge is 2.37. The molecule has 2 heterocycles. The van der Waals surface area contributed by atoms with E-state index in [9.17, 15) is 9.59 Å². The molecule has 0 saturated heterocycles. The van der Waals surface area contributed by atoms with Crippen LogP contribution < -0.4 is 20.1 Å². The molecule has 1 aliphatic rings. The second-order valence-corrected chi connectivity index (χ2v) is 7.49. The minimum atomic E-state index is -0.357. The van der Waals surface area contributed by atoms with Crippen LogP contribution in [0, 0.1) is 0 Å². The van der Waals surface area contributed by atoms with E-state index in [1.54, 1.807) is 31.3 Å². The van der Waals surface area contributed by atoms with Crippen LogP contribution in [0.5, 0.6) is 11.5 Å². The summed E-state index contributed by atoms with van der Waals surface area (Å²) in [5, 5.41) is 6.03. The lowest BCUT2D eigenvalue weighted by molar-refractivity contribution is 0.0861. The Morgan fingerprint density at radius 1 is 1.23 bits per heavy atom. The molecule has 1 aliphatic heterocycles. The molecule has 0 radical (unpaired) electrons. The minimum Gasteiger partial charge on any atom is -0.493 e. The molecule has 3 amide bonds. The summed E-state index contributed by atoms with van der Waals surface area (Å²) < 4.78 is 16.2. The zero-order valence-corrected chi connectivity index (χ0v) is 18.6. The van der Waals surface area contributed by atoms with Gasteiger partial charge in [0.25, 0.3) is 5.91 Å². The molecular formula is C23H31N3O5. The van der Waals surface area contributed by atoms with Crippen LogP contribution in [-0.2, 0) is 6.42 Å². The molecule has 8 heteroatoms. The maximum absolute atomic E-state index is 13.0. The maximum atomic E-state index is 13.0. The summed E-state index contributed by atoms with van der Waals surface area (Å²) in [6.45, 7) is 5.13. The molecule has 0 aliphatic carbocycles. The van der Waals surface area contributed by atoms with Crippen LogP contribution in [0.2, 0.25) is 0 Å². The number of furan rings is 1. The first kappa shape index (κ1) is 22.5. The Kier molecular flexibility index (Phi) is 7.44. The predicted molar refractivity (Wildman–Crippen MR) is 117 cm³/mol. The number of urea groups is 1. The van der Waals surface area contributed by atoms with E-state index < -0.39 is 0 Å². The van der Waals surface area contributed by atoms with Gasteiger partial charge in [-0.05, 0) is 54.7 Å². The van der Waals surface area contributed by atoms with Crippen molar-refractivity contribution in [1.29, 1.82) is 0 Å². The van der Waals surface area contributed by atoms with E-state index in [0.717, 1.165) is 17.5 Å². The standard InChI is InChI=1S/C23H31N3O5/c1-5-10-24-23(28)26-11-9-15-13-19(29-3)20(30-4)14-16(15)21(26)17(6-2)25-22(27)18-8-7-12-31-18/h7-8,12-14,17,21H,5-6,9-11H2,1-4H3,(H,24,28)(H,25,27)/t17-,21+/m0/s1. The molecule has 31 heavy (non-hydrogen) atoms. The number of rotatable bonds is 8. The molecule has 2 N–H and O–H groups in total. The van der Waals surface area contributed by atoms with Gasteiger partial charge in [0.05, 0.1) is 32.6 Å². The fourth-order valence-corrected chi connectivity index (χ4v) is 4.02. The highest BCUT2D eigenvalue weighted by molar-refractivity contribution is 5.91. The van der Waals surface area contributed by atoms with Crippen molar-refractivity contribution in [2.45, 2.75) is 45.2 Å². The van der Waals surface area contributed by atoms with Crippen molar-refractivity contribution in [3.63, 3.8) is 0 Å². The van der Waals surface area contributed by atoms with Crippen molar-refractivity contribution in [3.8, 4) is 11.5 Å². The summed E-state index contributed by atoms with van der Waals surface area (Å²) in [7, 11) is 3.19. The average Bonchev–Trinajstić information content (AvgIpc) is 3.34. The van der Waals surface area contributed by atoms with E-state index >= 15 is 0 Å². The number of amides is 3. The van der Waals surface area contributed by atoms with Gasteiger partial charge in [-0.1, -0.05) is 13.8 Å². The molecule has 3 rings (SSSR count). The van der Waals surface area contributed by atoms with Crippen LogP contribution in [0.25, 0.3) is 0 Å². The molecule has 0 spiro atoms. The second kappa shape index (κ2) is 10.2. The first-order valence-corrected chi connectivity index (χ1v) is 10.7. The molecule has 1 aromatic heterocycles. The number of fused-ring (bicyclic) bond motifs is 1. The molecule has 2 atom stereocenters. The number of carbonyl (C=O) groups excluding carboxylic acids is 2. The van der Waals surface area contributed by atoms with Gasteiger partial charge in [-0.15, -0.1) is 0 Å². The highest BCUT2D eigenvalue weighted by Crippen LogP contribution is 2.40. The summed E-state index contributed by atoms with van der Waals surface area (Å²) in [4.78, 5) is 27.6. The normalized spacial score (nSPS) is 16.3.